The SMILES string of the molecule is CC1CCCC(NCCn2cnc3ccccc32)C1. The van der Waals surface area contributed by atoms with Gasteiger partial charge in [0.15, 0.2) is 0 Å². The minimum atomic E-state index is 0.721. The van der Waals surface area contributed by atoms with Crippen LogP contribution >= 0.6 is 0 Å². The number of nitrogens with zero attached hydrogens (tertiary/aromatic N) is 2. The standard InChI is InChI=1S/C16H23N3/c1-13-5-4-6-14(11-13)17-9-10-19-12-18-15-7-2-3-8-16(15)19/h2-3,7-8,12-14,17H,4-6,9-11H2,1H3. The zero-order valence-corrected chi connectivity index (χ0v) is 11.7. The van der Waals surface area contributed by atoms with Crippen LogP contribution in [-0.4, -0.2) is 22.1 Å². The lowest BCUT2D eigenvalue weighted by atomic mass is 9.87. The lowest BCUT2D eigenvalue weighted by Crippen LogP contribution is -2.35. The lowest BCUT2D eigenvalue weighted by molar-refractivity contribution is 0.299. The van der Waals surface area contributed by atoms with Crippen LogP contribution in [0, 0.1) is 5.92 Å². The molecule has 1 aliphatic rings. The summed E-state index contributed by atoms with van der Waals surface area (Å²) in [7, 11) is 0. The van der Waals surface area contributed by atoms with E-state index in [2.05, 4.69) is 40.0 Å². The molecule has 0 saturated heterocycles. The molecule has 0 bridgehead atoms. The van der Waals surface area contributed by atoms with Crippen LogP contribution in [0.4, 0.5) is 0 Å². The quantitative estimate of drug-likeness (QED) is 0.911. The van der Waals surface area contributed by atoms with Gasteiger partial charge in [0, 0.05) is 19.1 Å². The Morgan fingerprint density at radius 1 is 1.32 bits per heavy atom. The Morgan fingerprint density at radius 3 is 3.11 bits per heavy atom. The number of aromatic nitrogens is 2. The Hall–Kier alpha value is -1.35. The van der Waals surface area contributed by atoms with Gasteiger partial charge in [-0.1, -0.05) is 31.9 Å². The van der Waals surface area contributed by atoms with Gasteiger partial charge in [-0.15, -0.1) is 0 Å². The van der Waals surface area contributed by atoms with Gasteiger partial charge in [0.25, 0.3) is 0 Å². The van der Waals surface area contributed by atoms with E-state index >= 15 is 0 Å². The molecule has 1 saturated carbocycles. The third kappa shape index (κ3) is 2.98. The first kappa shape index (κ1) is 12.7. The number of para-hydroxylation sites is 2. The Bertz CT molecular complexity index is 532. The van der Waals surface area contributed by atoms with E-state index in [4.69, 9.17) is 0 Å². The summed E-state index contributed by atoms with van der Waals surface area (Å²) < 4.78 is 2.24. The fourth-order valence-corrected chi connectivity index (χ4v) is 3.20. The number of benzene rings is 1. The summed E-state index contributed by atoms with van der Waals surface area (Å²) in [5, 5.41) is 3.71. The van der Waals surface area contributed by atoms with E-state index in [-0.39, 0.29) is 0 Å². The van der Waals surface area contributed by atoms with E-state index in [9.17, 15) is 0 Å². The highest BCUT2D eigenvalue weighted by molar-refractivity contribution is 5.74. The van der Waals surface area contributed by atoms with Crippen molar-refractivity contribution < 1.29 is 0 Å². The van der Waals surface area contributed by atoms with Crippen LogP contribution in [-0.2, 0) is 6.54 Å². The molecule has 2 unspecified atom stereocenters. The molecule has 3 rings (SSSR count). The van der Waals surface area contributed by atoms with Crippen molar-refractivity contribution in [3.63, 3.8) is 0 Å². The summed E-state index contributed by atoms with van der Waals surface area (Å²) in [4.78, 5) is 4.43. The number of imidazole rings is 1. The van der Waals surface area contributed by atoms with Crippen molar-refractivity contribution in [1.82, 2.24) is 14.9 Å². The maximum absolute atomic E-state index is 4.43. The molecule has 0 spiro atoms. The number of rotatable bonds is 4. The van der Waals surface area contributed by atoms with Gasteiger partial charge in [-0.3, -0.25) is 0 Å². The lowest BCUT2D eigenvalue weighted by Gasteiger charge is -2.27. The highest BCUT2D eigenvalue weighted by Crippen LogP contribution is 2.23. The molecule has 1 aromatic carbocycles. The van der Waals surface area contributed by atoms with E-state index in [0.29, 0.717) is 0 Å². The van der Waals surface area contributed by atoms with Gasteiger partial charge >= 0.3 is 0 Å². The van der Waals surface area contributed by atoms with Gasteiger partial charge in [-0.05, 0) is 30.9 Å². The first-order valence-corrected chi connectivity index (χ1v) is 7.46. The maximum Gasteiger partial charge on any atom is 0.0958 e. The monoisotopic (exact) mass is 257 g/mol. The molecular weight excluding hydrogens is 234 g/mol. The van der Waals surface area contributed by atoms with Crippen molar-refractivity contribution in [2.24, 2.45) is 5.92 Å². The molecular formula is C16H23N3. The van der Waals surface area contributed by atoms with E-state index in [1.54, 1.807) is 0 Å². The summed E-state index contributed by atoms with van der Waals surface area (Å²) in [6.07, 6.45) is 7.42. The molecule has 1 N–H and O–H groups in total. The molecule has 0 amide bonds. The molecule has 19 heavy (non-hydrogen) atoms. The normalized spacial score (nSPS) is 23.8. The van der Waals surface area contributed by atoms with Crippen LogP contribution in [0.2, 0.25) is 0 Å². The molecule has 0 radical (unpaired) electrons. The predicted molar refractivity (Wildman–Crippen MR) is 79.2 cm³/mol. The Kier molecular flexibility index (Phi) is 3.83. The Morgan fingerprint density at radius 2 is 2.21 bits per heavy atom. The van der Waals surface area contributed by atoms with Crippen LogP contribution in [0.1, 0.15) is 32.6 Å². The number of hydrogen-bond acceptors (Lipinski definition) is 2. The molecule has 1 fully saturated rings. The van der Waals surface area contributed by atoms with Crippen LogP contribution in [0.5, 0.6) is 0 Å². The zero-order chi connectivity index (χ0) is 13.1. The van der Waals surface area contributed by atoms with Crippen LogP contribution in [0.15, 0.2) is 30.6 Å². The van der Waals surface area contributed by atoms with E-state index < -0.39 is 0 Å². The molecule has 2 aromatic rings. The summed E-state index contributed by atoms with van der Waals surface area (Å²) in [6, 6.07) is 9.06. The third-order valence-corrected chi connectivity index (χ3v) is 4.25. The zero-order valence-electron chi connectivity index (χ0n) is 11.7. The van der Waals surface area contributed by atoms with Gasteiger partial charge < -0.3 is 9.88 Å². The van der Waals surface area contributed by atoms with Gasteiger partial charge in [0.2, 0.25) is 0 Å². The van der Waals surface area contributed by atoms with Crippen LogP contribution in [0.25, 0.3) is 11.0 Å². The Labute approximate surface area is 115 Å². The summed E-state index contributed by atoms with van der Waals surface area (Å²) >= 11 is 0. The van der Waals surface area contributed by atoms with Crippen LogP contribution in [0.3, 0.4) is 0 Å². The highest BCUT2D eigenvalue weighted by atomic mass is 15.1. The average molecular weight is 257 g/mol. The fraction of sp³-hybridized carbons (Fsp3) is 0.562. The fourth-order valence-electron chi connectivity index (χ4n) is 3.20. The van der Waals surface area contributed by atoms with E-state index in [1.807, 2.05) is 12.4 Å². The molecule has 1 aliphatic carbocycles. The van der Waals surface area contributed by atoms with Gasteiger partial charge in [-0.2, -0.15) is 0 Å². The topological polar surface area (TPSA) is 29.9 Å². The largest absolute Gasteiger partial charge is 0.329 e. The smallest absolute Gasteiger partial charge is 0.0958 e. The summed E-state index contributed by atoms with van der Waals surface area (Å²) in [5.41, 5.74) is 2.33. The first-order valence-electron chi connectivity index (χ1n) is 7.46. The van der Waals surface area contributed by atoms with E-state index in [0.717, 1.165) is 30.6 Å². The number of fused-ring (bicyclic) bond motifs is 1. The van der Waals surface area contributed by atoms with Gasteiger partial charge in [-0.25, -0.2) is 4.98 Å². The maximum atomic E-state index is 4.43. The second kappa shape index (κ2) is 5.74. The van der Waals surface area contributed by atoms with Crippen molar-refractivity contribution in [2.75, 3.05) is 6.54 Å². The third-order valence-electron chi connectivity index (χ3n) is 4.25. The van der Waals surface area contributed by atoms with Crippen molar-refractivity contribution in [3.05, 3.63) is 30.6 Å². The second-order valence-electron chi connectivity index (χ2n) is 5.85. The van der Waals surface area contributed by atoms with Crippen molar-refractivity contribution in [3.8, 4) is 0 Å². The molecule has 1 heterocycles. The van der Waals surface area contributed by atoms with Crippen molar-refractivity contribution in [1.29, 1.82) is 0 Å². The van der Waals surface area contributed by atoms with E-state index in [1.165, 1.54) is 31.2 Å². The highest BCUT2D eigenvalue weighted by Gasteiger charge is 2.17. The Balaban J connectivity index is 1.55. The average Bonchev–Trinajstić information content (AvgIpc) is 2.83. The first-order chi connectivity index (χ1) is 9.33. The molecule has 2 atom stereocenters. The second-order valence-corrected chi connectivity index (χ2v) is 5.85. The van der Waals surface area contributed by atoms with Gasteiger partial charge in [0.1, 0.15) is 0 Å². The minimum absolute atomic E-state index is 0.721. The van der Waals surface area contributed by atoms with Crippen LogP contribution < -0.4 is 5.32 Å². The molecule has 3 nitrogen and oxygen atoms in total. The predicted octanol–water partition coefficient (Wildman–Crippen LogP) is 3.20. The summed E-state index contributed by atoms with van der Waals surface area (Å²) in [5.74, 6) is 0.889. The molecule has 102 valence electrons. The molecule has 3 heteroatoms. The number of hydrogen-bond donors (Lipinski definition) is 1. The van der Waals surface area contributed by atoms with Crippen molar-refractivity contribution in [2.45, 2.75) is 45.2 Å². The van der Waals surface area contributed by atoms with Crippen molar-refractivity contribution >= 4 is 11.0 Å². The van der Waals surface area contributed by atoms with Gasteiger partial charge in [0.05, 0.1) is 17.4 Å². The number of nitrogens with one attached hydrogen (secondary N) is 1. The molecule has 0 aliphatic heterocycles. The summed E-state index contributed by atoms with van der Waals surface area (Å²) in [6.45, 7) is 4.42. The molecule has 1 aromatic heterocycles. The minimum Gasteiger partial charge on any atom is -0.329 e.